The minimum Gasteiger partial charge on any atom is -0.356 e. The van der Waals surface area contributed by atoms with Gasteiger partial charge in [0.05, 0.1) is 17.3 Å². The Hall–Kier alpha value is -3.76. The van der Waals surface area contributed by atoms with Crippen LogP contribution < -0.4 is 10.2 Å². The first-order valence-electron chi connectivity index (χ1n) is 14.8. The van der Waals surface area contributed by atoms with Crippen LogP contribution in [0.25, 0.3) is 22.0 Å². The van der Waals surface area contributed by atoms with Crippen molar-refractivity contribution >= 4 is 27.9 Å². The van der Waals surface area contributed by atoms with Crippen molar-refractivity contribution in [1.82, 2.24) is 20.1 Å². The van der Waals surface area contributed by atoms with Crippen molar-refractivity contribution in [2.45, 2.75) is 57.0 Å². The number of likely N-dealkylation sites (N-methyl/N-ethyl adjacent to an activating group) is 1. The van der Waals surface area contributed by atoms with E-state index in [1.807, 2.05) is 19.2 Å². The maximum Gasteiger partial charge on any atom is 0.393 e. The summed E-state index contributed by atoms with van der Waals surface area (Å²) in [6.45, 7) is 2.24. The number of anilines is 1. The number of hydrogen-bond donors (Lipinski definition) is 1. The van der Waals surface area contributed by atoms with Crippen molar-refractivity contribution in [2.24, 2.45) is 0 Å². The van der Waals surface area contributed by atoms with E-state index in [4.69, 9.17) is 9.72 Å². The Morgan fingerprint density at radius 2 is 1.79 bits per heavy atom. The third-order valence-electron chi connectivity index (χ3n) is 8.37. The number of fused-ring (bicyclic) bond motifs is 1. The predicted octanol–water partition coefficient (Wildman–Crippen LogP) is 7.37. The van der Waals surface area contributed by atoms with Crippen molar-refractivity contribution in [3.8, 4) is 0 Å². The fourth-order valence-electron chi connectivity index (χ4n) is 6.23. The van der Waals surface area contributed by atoms with Gasteiger partial charge in [-0.2, -0.15) is 17.6 Å². The number of alkyl halides is 3. The van der Waals surface area contributed by atoms with E-state index in [1.165, 1.54) is 0 Å². The molecule has 2 atom stereocenters. The van der Waals surface area contributed by atoms with Crippen LogP contribution in [0.3, 0.4) is 0 Å². The van der Waals surface area contributed by atoms with Crippen LogP contribution in [0.5, 0.6) is 0 Å². The van der Waals surface area contributed by atoms with Gasteiger partial charge in [0.1, 0.15) is 5.82 Å². The number of halogens is 4. The molecule has 0 saturated carbocycles. The molecule has 6 nitrogen and oxygen atoms in total. The lowest BCUT2D eigenvalue weighted by Gasteiger charge is -2.33. The standard InChI is InChI=1S/C33H35F4N5O/c1-38-25-10-7-16-41(21-25)29-15-13-24(20-39-29)31(27(19-33(35,36)37)22-8-3-2-4-9-22)23-12-14-28-26(18-23)32(34)40-42(28)30-11-5-6-17-43-30/h2-4,8-9,12-15,18,20,25,30,38H,5-7,10-11,16-17,19,21H2,1H3/b31-27-. The van der Waals surface area contributed by atoms with Crippen LogP contribution >= 0.6 is 0 Å². The van der Waals surface area contributed by atoms with E-state index in [0.29, 0.717) is 40.4 Å². The summed E-state index contributed by atoms with van der Waals surface area (Å²) in [5.41, 5.74) is 2.43. The summed E-state index contributed by atoms with van der Waals surface area (Å²) in [6, 6.07) is 17.7. The Morgan fingerprint density at radius 3 is 2.49 bits per heavy atom. The molecule has 0 amide bonds. The minimum atomic E-state index is -4.47. The molecule has 2 aromatic heterocycles. The smallest absolute Gasteiger partial charge is 0.356 e. The second-order valence-corrected chi connectivity index (χ2v) is 11.3. The number of allylic oxidation sites excluding steroid dienone is 1. The van der Waals surface area contributed by atoms with Crippen LogP contribution in [0.1, 0.15) is 61.4 Å². The van der Waals surface area contributed by atoms with Crippen LogP contribution in [-0.4, -0.2) is 53.7 Å². The number of aromatic nitrogens is 3. The first-order valence-corrected chi connectivity index (χ1v) is 14.8. The lowest BCUT2D eigenvalue weighted by Crippen LogP contribution is -2.44. The summed E-state index contributed by atoms with van der Waals surface area (Å²) < 4.78 is 65.1. The number of piperidine rings is 1. The third-order valence-corrected chi connectivity index (χ3v) is 8.37. The molecular weight excluding hydrogens is 558 g/mol. The van der Waals surface area contributed by atoms with E-state index in [9.17, 15) is 13.2 Å². The first-order chi connectivity index (χ1) is 20.8. The van der Waals surface area contributed by atoms with Gasteiger partial charge in [0.25, 0.3) is 0 Å². The van der Waals surface area contributed by atoms with Gasteiger partial charge < -0.3 is 15.0 Å². The molecule has 2 aliphatic rings. The summed E-state index contributed by atoms with van der Waals surface area (Å²) >= 11 is 0. The van der Waals surface area contributed by atoms with E-state index in [1.54, 1.807) is 59.4 Å². The van der Waals surface area contributed by atoms with Crippen molar-refractivity contribution in [1.29, 1.82) is 0 Å². The molecule has 2 aliphatic heterocycles. The SMILES string of the molecule is CNC1CCCN(c2ccc(/C(=C(/CC(F)(F)F)c3ccccc3)c3ccc4c(c3)c(F)nn4C3CCCCO3)cn2)C1. The molecule has 6 rings (SSSR count). The van der Waals surface area contributed by atoms with E-state index in [-0.39, 0.29) is 17.2 Å². The molecule has 226 valence electrons. The largest absolute Gasteiger partial charge is 0.393 e. The van der Waals surface area contributed by atoms with Crippen LogP contribution in [-0.2, 0) is 4.74 Å². The molecule has 0 spiro atoms. The number of nitrogens with one attached hydrogen (secondary N) is 1. The molecule has 0 bridgehead atoms. The molecular formula is C33H35F4N5O. The molecule has 2 fully saturated rings. The van der Waals surface area contributed by atoms with Crippen molar-refractivity contribution in [2.75, 3.05) is 31.6 Å². The maximum absolute atomic E-state index is 15.3. The quantitative estimate of drug-likeness (QED) is 0.179. The van der Waals surface area contributed by atoms with Gasteiger partial charge in [-0.15, -0.1) is 5.10 Å². The van der Waals surface area contributed by atoms with E-state index in [2.05, 4.69) is 15.3 Å². The van der Waals surface area contributed by atoms with Crippen molar-refractivity contribution in [3.05, 3.63) is 89.5 Å². The van der Waals surface area contributed by atoms with Gasteiger partial charge >= 0.3 is 6.18 Å². The van der Waals surface area contributed by atoms with Crippen molar-refractivity contribution < 1.29 is 22.3 Å². The molecule has 1 N–H and O–H groups in total. The van der Waals surface area contributed by atoms with Crippen LogP contribution in [0.15, 0.2) is 66.9 Å². The second kappa shape index (κ2) is 12.5. The number of rotatable bonds is 7. The van der Waals surface area contributed by atoms with Gasteiger partial charge in [-0.05, 0) is 85.7 Å². The van der Waals surface area contributed by atoms with Crippen LogP contribution in [0.2, 0.25) is 0 Å². The summed E-state index contributed by atoms with van der Waals surface area (Å²) in [4.78, 5) is 6.90. The van der Waals surface area contributed by atoms with Gasteiger partial charge in [-0.25, -0.2) is 9.67 Å². The predicted molar refractivity (Wildman–Crippen MR) is 160 cm³/mol. The van der Waals surface area contributed by atoms with E-state index < -0.39 is 18.5 Å². The number of nitrogens with zero attached hydrogens (tertiary/aromatic N) is 4. The fourth-order valence-corrected chi connectivity index (χ4v) is 6.23. The lowest BCUT2D eigenvalue weighted by molar-refractivity contribution is -0.122. The average molecular weight is 594 g/mol. The Morgan fingerprint density at radius 1 is 0.977 bits per heavy atom. The van der Waals surface area contributed by atoms with E-state index >= 15 is 4.39 Å². The summed E-state index contributed by atoms with van der Waals surface area (Å²) in [5, 5.41) is 7.69. The average Bonchev–Trinajstić information content (AvgIpc) is 3.37. The zero-order chi connectivity index (χ0) is 30.0. The van der Waals surface area contributed by atoms with Crippen LogP contribution in [0, 0.1) is 5.95 Å². The fraction of sp³-hybridized carbons (Fsp3) is 0.394. The Kier molecular flexibility index (Phi) is 8.50. The molecule has 2 aromatic carbocycles. The summed E-state index contributed by atoms with van der Waals surface area (Å²) in [5.74, 6) is 0.0931. The Balaban J connectivity index is 1.49. The maximum atomic E-state index is 15.3. The van der Waals surface area contributed by atoms with Gasteiger partial charge in [0.2, 0.25) is 5.95 Å². The zero-order valence-corrected chi connectivity index (χ0v) is 24.1. The third kappa shape index (κ3) is 6.45. The number of hydrogen-bond acceptors (Lipinski definition) is 5. The van der Waals surface area contributed by atoms with Gasteiger partial charge in [-0.3, -0.25) is 0 Å². The topological polar surface area (TPSA) is 55.2 Å². The highest BCUT2D eigenvalue weighted by Crippen LogP contribution is 2.40. The van der Waals surface area contributed by atoms with Gasteiger partial charge in [-0.1, -0.05) is 36.4 Å². The zero-order valence-electron chi connectivity index (χ0n) is 24.1. The highest BCUT2D eigenvalue weighted by molar-refractivity contribution is 6.00. The Labute approximate surface area is 248 Å². The molecule has 10 heteroatoms. The molecule has 4 aromatic rings. The van der Waals surface area contributed by atoms with Gasteiger partial charge in [0.15, 0.2) is 6.23 Å². The molecule has 43 heavy (non-hydrogen) atoms. The highest BCUT2D eigenvalue weighted by Gasteiger charge is 2.32. The second-order valence-electron chi connectivity index (χ2n) is 11.3. The minimum absolute atomic E-state index is 0.0960. The number of ether oxygens (including phenoxy) is 1. The molecule has 2 unspecified atom stereocenters. The lowest BCUT2D eigenvalue weighted by atomic mass is 9.88. The molecule has 0 aliphatic carbocycles. The molecule has 2 saturated heterocycles. The molecule has 4 heterocycles. The Bertz CT molecular complexity index is 1580. The highest BCUT2D eigenvalue weighted by atomic mass is 19.4. The summed E-state index contributed by atoms with van der Waals surface area (Å²) in [6.07, 6.45) is 0.348. The summed E-state index contributed by atoms with van der Waals surface area (Å²) in [7, 11) is 1.94. The number of benzene rings is 2. The number of pyridine rings is 1. The van der Waals surface area contributed by atoms with Crippen LogP contribution in [0.4, 0.5) is 23.4 Å². The molecule has 0 radical (unpaired) electrons. The van der Waals surface area contributed by atoms with Crippen molar-refractivity contribution in [3.63, 3.8) is 0 Å². The first kappa shape index (κ1) is 29.3. The normalized spacial score (nSPS) is 20.3. The van der Waals surface area contributed by atoms with E-state index in [0.717, 1.165) is 51.0 Å². The monoisotopic (exact) mass is 593 g/mol. The van der Waals surface area contributed by atoms with Gasteiger partial charge in [0, 0.05) is 37.5 Å².